The van der Waals surface area contributed by atoms with Gasteiger partial charge in [0.25, 0.3) is 0 Å². The van der Waals surface area contributed by atoms with Crippen molar-refractivity contribution < 1.29 is 0 Å². The molecule has 8 rings (SSSR count). The van der Waals surface area contributed by atoms with Crippen molar-refractivity contribution in [2.75, 3.05) is 0 Å². The van der Waals surface area contributed by atoms with Crippen molar-refractivity contribution in [3.05, 3.63) is 121 Å². The van der Waals surface area contributed by atoms with Crippen molar-refractivity contribution in [3.63, 3.8) is 0 Å². The summed E-state index contributed by atoms with van der Waals surface area (Å²) in [6.45, 7) is 0. The Morgan fingerprint density at radius 2 is 1.10 bits per heavy atom. The van der Waals surface area contributed by atoms with E-state index in [2.05, 4.69) is 78.9 Å². The molecule has 4 aromatic heterocycles. The zero-order valence-corrected chi connectivity index (χ0v) is 21.6. The topological polar surface area (TPSA) is 51.6 Å². The number of para-hydroxylation sites is 1. The van der Waals surface area contributed by atoms with Crippen molar-refractivity contribution in [3.8, 4) is 34.2 Å². The van der Waals surface area contributed by atoms with Crippen molar-refractivity contribution in [1.82, 2.24) is 19.9 Å². The molecule has 4 heterocycles. The summed E-state index contributed by atoms with van der Waals surface area (Å²) in [6, 6.07) is 41.4. The number of hydrogen-bond acceptors (Lipinski definition) is 5. The lowest BCUT2D eigenvalue weighted by molar-refractivity contribution is 1.21. The Morgan fingerprint density at radius 3 is 1.95 bits per heavy atom. The van der Waals surface area contributed by atoms with Crippen LogP contribution in [-0.2, 0) is 0 Å². The van der Waals surface area contributed by atoms with Crippen LogP contribution in [0.1, 0.15) is 0 Å². The number of hydrogen-bond donors (Lipinski definition) is 0. The Balaban J connectivity index is 1.40. The molecule has 0 aliphatic rings. The van der Waals surface area contributed by atoms with Gasteiger partial charge < -0.3 is 0 Å². The fraction of sp³-hybridized carbons (Fsp3) is 0. The van der Waals surface area contributed by atoms with E-state index < -0.39 is 0 Å². The molecular formula is C34H20N4S. The van der Waals surface area contributed by atoms with Gasteiger partial charge in [0.05, 0.1) is 32.8 Å². The van der Waals surface area contributed by atoms with Crippen molar-refractivity contribution in [2.45, 2.75) is 0 Å². The first-order chi connectivity index (χ1) is 19.3. The molecule has 0 aliphatic carbocycles. The normalized spacial score (nSPS) is 11.6. The second-order valence-corrected chi connectivity index (χ2v) is 10.5. The summed E-state index contributed by atoms with van der Waals surface area (Å²) in [5, 5.41) is 4.53. The number of pyridine rings is 2. The van der Waals surface area contributed by atoms with Crippen LogP contribution < -0.4 is 0 Å². The minimum atomic E-state index is 0.697. The quantitative estimate of drug-likeness (QED) is 0.220. The van der Waals surface area contributed by atoms with Crippen LogP contribution in [0.4, 0.5) is 0 Å². The van der Waals surface area contributed by atoms with E-state index in [1.165, 1.54) is 10.1 Å². The molecule has 0 atom stereocenters. The highest BCUT2D eigenvalue weighted by atomic mass is 32.1. The first kappa shape index (κ1) is 22.0. The summed E-state index contributed by atoms with van der Waals surface area (Å²) in [7, 11) is 0. The number of aromatic nitrogens is 4. The average molecular weight is 517 g/mol. The van der Waals surface area contributed by atoms with Crippen LogP contribution in [0, 0.1) is 0 Å². The van der Waals surface area contributed by atoms with Crippen LogP contribution in [-0.4, -0.2) is 19.9 Å². The van der Waals surface area contributed by atoms with E-state index in [1.54, 1.807) is 11.3 Å². The Morgan fingerprint density at radius 1 is 0.436 bits per heavy atom. The Labute approximate surface area is 228 Å². The van der Waals surface area contributed by atoms with Crippen molar-refractivity contribution in [1.29, 1.82) is 0 Å². The number of nitrogens with zero attached hydrogens (tertiary/aromatic N) is 4. The zero-order valence-electron chi connectivity index (χ0n) is 20.7. The molecule has 0 amide bonds. The molecule has 0 saturated heterocycles. The van der Waals surface area contributed by atoms with Gasteiger partial charge in [-0.05, 0) is 29.7 Å². The molecule has 0 N–H and O–H groups in total. The van der Waals surface area contributed by atoms with Crippen LogP contribution in [0.3, 0.4) is 0 Å². The largest absolute Gasteiger partial charge is 0.245 e. The SMILES string of the molecule is c1ccc(-c2nc(-c3cccc(-c4nc5ccccc5c5ccccc45)n3)c3sc4ccccc4c3n2)cc1. The molecule has 0 radical (unpaired) electrons. The number of rotatable bonds is 3. The summed E-state index contributed by atoms with van der Waals surface area (Å²) in [6.07, 6.45) is 0. The first-order valence-electron chi connectivity index (χ1n) is 12.8. The minimum Gasteiger partial charge on any atom is -0.245 e. The van der Waals surface area contributed by atoms with Gasteiger partial charge in [0.1, 0.15) is 5.69 Å². The van der Waals surface area contributed by atoms with E-state index in [1.807, 2.05) is 42.5 Å². The van der Waals surface area contributed by atoms with Crippen LogP contribution in [0.5, 0.6) is 0 Å². The van der Waals surface area contributed by atoms with Gasteiger partial charge >= 0.3 is 0 Å². The highest BCUT2D eigenvalue weighted by Gasteiger charge is 2.18. The van der Waals surface area contributed by atoms with E-state index in [0.29, 0.717) is 5.82 Å². The molecule has 39 heavy (non-hydrogen) atoms. The lowest BCUT2D eigenvalue weighted by Gasteiger charge is -2.11. The smallest absolute Gasteiger partial charge is 0.160 e. The summed E-state index contributed by atoms with van der Waals surface area (Å²) in [5.74, 6) is 0.697. The summed E-state index contributed by atoms with van der Waals surface area (Å²) < 4.78 is 2.23. The van der Waals surface area contributed by atoms with Crippen molar-refractivity contribution in [2.24, 2.45) is 0 Å². The molecule has 5 heteroatoms. The second-order valence-electron chi connectivity index (χ2n) is 9.47. The number of fused-ring (bicyclic) bond motifs is 6. The molecule has 182 valence electrons. The third-order valence-corrected chi connectivity index (χ3v) is 8.26. The lowest BCUT2D eigenvalue weighted by atomic mass is 10.0. The fourth-order valence-electron chi connectivity index (χ4n) is 5.28. The first-order valence-corrected chi connectivity index (χ1v) is 13.7. The summed E-state index contributed by atoms with van der Waals surface area (Å²) in [5.41, 5.74) is 6.24. The molecule has 4 nitrogen and oxygen atoms in total. The number of thiophene rings is 1. The van der Waals surface area contributed by atoms with Gasteiger partial charge in [-0.25, -0.2) is 19.9 Å². The predicted octanol–water partition coefficient (Wildman–Crippen LogP) is 8.94. The van der Waals surface area contributed by atoms with Gasteiger partial charge in [0, 0.05) is 26.4 Å². The summed E-state index contributed by atoms with van der Waals surface area (Å²) >= 11 is 1.71. The maximum Gasteiger partial charge on any atom is 0.160 e. The minimum absolute atomic E-state index is 0.697. The number of benzene rings is 4. The Kier molecular flexibility index (Phi) is 4.96. The standard InChI is InChI=1S/C34H20N4S/c1-2-11-21(12-3-1)34-37-31-25-16-7-9-20-29(25)39-33(31)32(38-34)28-19-10-18-27(35-28)30-24-15-5-4-13-22(24)23-14-6-8-17-26(23)36-30/h1-20H. The monoisotopic (exact) mass is 516 g/mol. The predicted molar refractivity (Wildman–Crippen MR) is 162 cm³/mol. The molecule has 4 aromatic carbocycles. The molecular weight excluding hydrogens is 496 g/mol. The molecule has 8 aromatic rings. The van der Waals surface area contributed by atoms with E-state index in [4.69, 9.17) is 19.9 Å². The highest BCUT2D eigenvalue weighted by Crippen LogP contribution is 2.39. The highest BCUT2D eigenvalue weighted by molar-refractivity contribution is 7.26. The zero-order chi connectivity index (χ0) is 25.8. The van der Waals surface area contributed by atoms with Crippen LogP contribution in [0.15, 0.2) is 121 Å². The fourth-order valence-corrected chi connectivity index (χ4v) is 6.42. The average Bonchev–Trinajstić information content (AvgIpc) is 3.39. The van der Waals surface area contributed by atoms with Crippen LogP contribution in [0.25, 0.3) is 76.1 Å². The van der Waals surface area contributed by atoms with E-state index in [0.717, 1.165) is 60.2 Å². The maximum atomic E-state index is 5.18. The van der Waals surface area contributed by atoms with Gasteiger partial charge in [-0.3, -0.25) is 0 Å². The van der Waals surface area contributed by atoms with Gasteiger partial charge in [-0.15, -0.1) is 11.3 Å². The second kappa shape index (κ2) is 8.79. The third-order valence-electron chi connectivity index (χ3n) is 7.09. The third kappa shape index (κ3) is 3.59. The Bertz CT molecular complexity index is 2180. The molecule has 0 saturated carbocycles. The molecule has 0 spiro atoms. The van der Waals surface area contributed by atoms with Crippen LogP contribution in [0.2, 0.25) is 0 Å². The molecule has 0 bridgehead atoms. The van der Waals surface area contributed by atoms with Gasteiger partial charge in [0.2, 0.25) is 0 Å². The van der Waals surface area contributed by atoms with Gasteiger partial charge in [-0.2, -0.15) is 0 Å². The van der Waals surface area contributed by atoms with E-state index in [9.17, 15) is 0 Å². The molecule has 0 aliphatic heterocycles. The van der Waals surface area contributed by atoms with Crippen LogP contribution >= 0.6 is 11.3 Å². The maximum absolute atomic E-state index is 5.18. The van der Waals surface area contributed by atoms with E-state index in [-0.39, 0.29) is 0 Å². The molecule has 0 unspecified atom stereocenters. The van der Waals surface area contributed by atoms with Gasteiger partial charge in [-0.1, -0.05) is 97.1 Å². The van der Waals surface area contributed by atoms with E-state index >= 15 is 0 Å². The van der Waals surface area contributed by atoms with Crippen molar-refractivity contribution >= 4 is 53.3 Å². The summed E-state index contributed by atoms with van der Waals surface area (Å²) in [4.78, 5) is 20.4. The Hall–Kier alpha value is -5.00. The molecule has 0 fully saturated rings. The lowest BCUT2D eigenvalue weighted by Crippen LogP contribution is -1.97. The van der Waals surface area contributed by atoms with Gasteiger partial charge in [0.15, 0.2) is 5.82 Å².